The van der Waals surface area contributed by atoms with Crippen LogP contribution in [-0.4, -0.2) is 5.97 Å². The largest absolute Gasteiger partial charge is 0.450 e. The van der Waals surface area contributed by atoms with Crippen molar-refractivity contribution in [3.63, 3.8) is 0 Å². The van der Waals surface area contributed by atoms with Crippen molar-refractivity contribution in [1.82, 2.24) is 0 Å². The maximum atomic E-state index is 13.7. The molecular weight excluding hydrogens is 497 g/mol. The van der Waals surface area contributed by atoms with Crippen molar-refractivity contribution in [1.29, 1.82) is 0 Å². The topological polar surface area (TPSA) is 56.5 Å². The fraction of sp³-hybridized carbons (Fsp3) is 0.0909. The van der Waals surface area contributed by atoms with Crippen LogP contribution in [0.1, 0.15) is 10.6 Å². The summed E-state index contributed by atoms with van der Waals surface area (Å²) in [6, 6.07) is 13.2. The number of alkyl halides is 3. The molecule has 4 nitrogen and oxygen atoms in total. The van der Waals surface area contributed by atoms with Gasteiger partial charge in [-0.25, -0.2) is 0 Å². The van der Waals surface area contributed by atoms with Crippen LogP contribution in [-0.2, 0) is 17.4 Å². The fourth-order valence-corrected chi connectivity index (χ4v) is 3.99. The molecule has 0 unspecified atom stereocenters. The Labute approximate surface area is 186 Å². The van der Waals surface area contributed by atoms with Gasteiger partial charge in [-0.1, -0.05) is 34.1 Å². The molecule has 4 rings (SSSR count). The van der Waals surface area contributed by atoms with E-state index in [1.165, 1.54) is 47.7 Å². The molecule has 4 aromatic rings. The second kappa shape index (κ2) is 8.32. The highest BCUT2D eigenvalue weighted by atomic mass is 79.9. The number of hydrogen-bond donors (Lipinski definition) is 0. The summed E-state index contributed by atoms with van der Waals surface area (Å²) in [7, 11) is 0. The summed E-state index contributed by atoms with van der Waals surface area (Å²) in [6.45, 7) is 0. The molecule has 0 aliphatic heterocycles. The number of ether oxygens (including phenoxy) is 1. The summed E-state index contributed by atoms with van der Waals surface area (Å²) in [4.78, 5) is 25.8. The van der Waals surface area contributed by atoms with Gasteiger partial charge in [-0.05, 0) is 41.3 Å². The summed E-state index contributed by atoms with van der Waals surface area (Å²) in [6.07, 6.45) is -4.88. The van der Waals surface area contributed by atoms with Gasteiger partial charge < -0.3 is 9.15 Å². The molecule has 0 aliphatic carbocycles. The zero-order chi connectivity index (χ0) is 22.2. The molecule has 0 radical (unpaired) electrons. The molecule has 0 spiro atoms. The van der Waals surface area contributed by atoms with Gasteiger partial charge in [-0.2, -0.15) is 13.2 Å². The van der Waals surface area contributed by atoms with Crippen LogP contribution < -0.4 is 10.2 Å². The van der Waals surface area contributed by atoms with Crippen LogP contribution in [0.2, 0.25) is 0 Å². The van der Waals surface area contributed by atoms with Gasteiger partial charge in [0.1, 0.15) is 11.3 Å². The molecule has 158 valence electrons. The monoisotopic (exact) mass is 508 g/mol. The van der Waals surface area contributed by atoms with Crippen molar-refractivity contribution in [3.8, 4) is 16.9 Å². The molecule has 0 amide bonds. The Kier molecular flexibility index (Phi) is 5.72. The number of carbonyl (C=O) groups excluding carboxylic acids is 1. The van der Waals surface area contributed by atoms with Crippen LogP contribution in [0.5, 0.6) is 5.75 Å². The molecule has 9 heteroatoms. The molecule has 0 aliphatic rings. The molecule has 2 aromatic carbocycles. The number of benzene rings is 2. The second-order valence-electron chi connectivity index (χ2n) is 6.53. The van der Waals surface area contributed by atoms with Gasteiger partial charge in [0.15, 0.2) is 0 Å². The Hall–Kier alpha value is -2.91. The van der Waals surface area contributed by atoms with E-state index in [0.29, 0.717) is 4.47 Å². The molecule has 0 fully saturated rings. The van der Waals surface area contributed by atoms with E-state index in [1.54, 1.807) is 12.1 Å². The lowest BCUT2D eigenvalue weighted by Crippen LogP contribution is -2.16. The fourth-order valence-electron chi connectivity index (χ4n) is 3.04. The van der Waals surface area contributed by atoms with Gasteiger partial charge >= 0.3 is 12.1 Å². The zero-order valence-electron chi connectivity index (χ0n) is 15.5. The Balaban J connectivity index is 1.78. The summed E-state index contributed by atoms with van der Waals surface area (Å²) in [5.74, 6) is -2.00. The van der Waals surface area contributed by atoms with E-state index in [1.807, 2.05) is 5.38 Å². The molecule has 2 aromatic heterocycles. The van der Waals surface area contributed by atoms with Crippen LogP contribution in [0.15, 0.2) is 73.7 Å². The highest BCUT2D eigenvalue weighted by Crippen LogP contribution is 2.38. The highest BCUT2D eigenvalue weighted by Gasteiger charge is 2.39. The van der Waals surface area contributed by atoms with Gasteiger partial charge in [0, 0.05) is 15.4 Å². The van der Waals surface area contributed by atoms with Crippen molar-refractivity contribution >= 4 is 44.2 Å². The third kappa shape index (κ3) is 4.57. The minimum Gasteiger partial charge on any atom is -0.450 e. The molecule has 0 bridgehead atoms. The van der Waals surface area contributed by atoms with E-state index < -0.39 is 28.9 Å². The van der Waals surface area contributed by atoms with E-state index in [2.05, 4.69) is 15.9 Å². The van der Waals surface area contributed by atoms with Crippen molar-refractivity contribution in [2.45, 2.75) is 12.6 Å². The quantitative estimate of drug-likeness (QED) is 0.234. The number of thiophene rings is 1. The second-order valence-corrected chi connectivity index (χ2v) is 8.48. The van der Waals surface area contributed by atoms with Crippen LogP contribution >= 0.6 is 27.3 Å². The van der Waals surface area contributed by atoms with Crippen molar-refractivity contribution in [2.75, 3.05) is 0 Å². The first kappa shape index (κ1) is 21.3. The third-order valence-corrected chi connectivity index (χ3v) is 5.79. The first-order chi connectivity index (χ1) is 14.7. The van der Waals surface area contributed by atoms with E-state index >= 15 is 0 Å². The van der Waals surface area contributed by atoms with Crippen LogP contribution in [0, 0.1) is 0 Å². The van der Waals surface area contributed by atoms with Crippen LogP contribution in [0.25, 0.3) is 22.1 Å². The summed E-state index contributed by atoms with van der Waals surface area (Å²) in [5.41, 5.74) is -1.64. The van der Waals surface area contributed by atoms with Gasteiger partial charge in [0.05, 0.1) is 17.4 Å². The van der Waals surface area contributed by atoms with Gasteiger partial charge in [0.2, 0.25) is 11.2 Å². The molecule has 0 atom stereocenters. The lowest BCUT2D eigenvalue weighted by molar-refractivity contribution is -0.152. The molecule has 0 saturated carbocycles. The van der Waals surface area contributed by atoms with Crippen molar-refractivity contribution < 1.29 is 27.1 Å². The van der Waals surface area contributed by atoms with Crippen LogP contribution in [0.3, 0.4) is 0 Å². The third-order valence-electron chi connectivity index (χ3n) is 4.38. The van der Waals surface area contributed by atoms with E-state index in [0.717, 1.165) is 10.9 Å². The average Bonchev–Trinajstić information content (AvgIpc) is 3.21. The molecule has 31 heavy (non-hydrogen) atoms. The SMILES string of the molecule is O=C(Cc1cccs1)Oc1ccc2c(=O)c(-c3ccc(Br)cc3)c(C(F)(F)F)oc2c1. The van der Waals surface area contributed by atoms with Gasteiger partial charge in [0.25, 0.3) is 0 Å². The van der Waals surface area contributed by atoms with Gasteiger partial charge in [-0.3, -0.25) is 9.59 Å². The molecule has 0 saturated heterocycles. The maximum absolute atomic E-state index is 13.7. The lowest BCUT2D eigenvalue weighted by Gasteiger charge is -2.13. The van der Waals surface area contributed by atoms with Crippen LogP contribution in [0.4, 0.5) is 13.2 Å². The predicted molar refractivity (Wildman–Crippen MR) is 114 cm³/mol. The summed E-state index contributed by atoms with van der Waals surface area (Å²) in [5, 5.41) is 1.76. The zero-order valence-corrected chi connectivity index (χ0v) is 17.9. The number of carbonyl (C=O) groups is 1. The minimum atomic E-state index is -4.90. The molecule has 2 heterocycles. The molecular formula is C22H12BrF3O4S. The summed E-state index contributed by atoms with van der Waals surface area (Å²) < 4.78 is 52.1. The standard InChI is InChI=1S/C22H12BrF3O4S/c23-13-5-3-12(4-6-13)19-20(28)16-8-7-14(10-17(16)30-21(19)22(24,25)26)29-18(27)11-15-2-1-9-31-15/h1-10H,11H2. The number of fused-ring (bicyclic) bond motifs is 1. The summed E-state index contributed by atoms with van der Waals surface area (Å²) >= 11 is 4.60. The number of hydrogen-bond acceptors (Lipinski definition) is 5. The first-order valence-corrected chi connectivity index (χ1v) is 10.6. The van der Waals surface area contributed by atoms with Crippen molar-refractivity contribution in [3.05, 3.63) is 85.3 Å². The Morgan fingerprint density at radius 3 is 2.48 bits per heavy atom. The number of halogens is 4. The Morgan fingerprint density at radius 1 is 1.10 bits per heavy atom. The smallest absolute Gasteiger partial charge is 0.450 e. The molecule has 0 N–H and O–H groups in total. The highest BCUT2D eigenvalue weighted by molar-refractivity contribution is 9.10. The van der Waals surface area contributed by atoms with Gasteiger partial charge in [-0.15, -0.1) is 11.3 Å². The Bertz CT molecular complexity index is 1310. The average molecular weight is 509 g/mol. The predicted octanol–water partition coefficient (Wildman–Crippen LogP) is 6.45. The van der Waals surface area contributed by atoms with E-state index in [4.69, 9.17) is 9.15 Å². The minimum absolute atomic E-state index is 0.0123. The van der Waals surface area contributed by atoms with E-state index in [-0.39, 0.29) is 28.7 Å². The number of rotatable bonds is 4. The number of esters is 1. The van der Waals surface area contributed by atoms with E-state index in [9.17, 15) is 22.8 Å². The normalized spacial score (nSPS) is 11.6. The first-order valence-electron chi connectivity index (χ1n) is 8.89. The lowest BCUT2D eigenvalue weighted by atomic mass is 10.0. The van der Waals surface area contributed by atoms with Crippen molar-refractivity contribution in [2.24, 2.45) is 0 Å². The Morgan fingerprint density at radius 2 is 1.84 bits per heavy atom. The maximum Gasteiger partial charge on any atom is 0.450 e.